The first-order valence-electron chi connectivity index (χ1n) is 6.25. The van der Waals surface area contributed by atoms with Crippen molar-refractivity contribution in [1.82, 2.24) is 5.32 Å². The molecule has 0 fully saturated rings. The van der Waals surface area contributed by atoms with Crippen LogP contribution in [0.2, 0.25) is 0 Å². The van der Waals surface area contributed by atoms with E-state index in [-0.39, 0.29) is 12.1 Å². The standard InChI is InChI=1S/C14H21NO2/c1-4-12(16-3)14(15-2)11-5-6-13-10(9-11)7-8-17-13/h5-6,9,12,14-15H,4,7-8H2,1-3H3. The molecule has 0 spiro atoms. The van der Waals surface area contributed by atoms with Crippen molar-refractivity contribution >= 4 is 0 Å². The molecule has 17 heavy (non-hydrogen) atoms. The van der Waals surface area contributed by atoms with E-state index in [1.807, 2.05) is 7.05 Å². The van der Waals surface area contributed by atoms with Crippen molar-refractivity contribution in [3.63, 3.8) is 0 Å². The molecule has 1 aliphatic heterocycles. The summed E-state index contributed by atoms with van der Waals surface area (Å²) in [6, 6.07) is 6.69. The van der Waals surface area contributed by atoms with E-state index in [4.69, 9.17) is 9.47 Å². The van der Waals surface area contributed by atoms with Gasteiger partial charge in [-0.2, -0.15) is 0 Å². The maximum atomic E-state index is 5.53. The lowest BCUT2D eigenvalue weighted by atomic mass is 9.97. The van der Waals surface area contributed by atoms with Crippen LogP contribution in [0.5, 0.6) is 5.75 Å². The van der Waals surface area contributed by atoms with Crippen LogP contribution in [0.3, 0.4) is 0 Å². The molecule has 2 rings (SSSR count). The molecule has 0 aromatic heterocycles. The summed E-state index contributed by atoms with van der Waals surface area (Å²) in [5.74, 6) is 1.04. The highest BCUT2D eigenvalue weighted by Gasteiger charge is 2.22. The van der Waals surface area contributed by atoms with Gasteiger partial charge in [0.1, 0.15) is 5.75 Å². The number of rotatable bonds is 5. The SMILES string of the molecule is CCC(OC)C(NC)c1ccc2c(c1)CCO2. The average Bonchev–Trinajstić information content (AvgIpc) is 2.82. The van der Waals surface area contributed by atoms with Crippen molar-refractivity contribution in [3.8, 4) is 5.75 Å². The molecule has 1 aromatic rings. The van der Waals surface area contributed by atoms with Gasteiger partial charge in [-0.25, -0.2) is 0 Å². The van der Waals surface area contributed by atoms with Crippen molar-refractivity contribution < 1.29 is 9.47 Å². The first-order valence-corrected chi connectivity index (χ1v) is 6.25. The molecule has 0 aliphatic carbocycles. The van der Waals surface area contributed by atoms with Crippen LogP contribution in [0, 0.1) is 0 Å². The van der Waals surface area contributed by atoms with Crippen molar-refractivity contribution in [2.24, 2.45) is 0 Å². The molecule has 94 valence electrons. The Morgan fingerprint density at radius 1 is 1.47 bits per heavy atom. The fraction of sp³-hybridized carbons (Fsp3) is 0.571. The summed E-state index contributed by atoms with van der Waals surface area (Å²) in [5.41, 5.74) is 2.60. The maximum Gasteiger partial charge on any atom is 0.122 e. The van der Waals surface area contributed by atoms with Gasteiger partial charge >= 0.3 is 0 Å². The highest BCUT2D eigenvalue weighted by atomic mass is 16.5. The Bertz CT molecular complexity index is 374. The van der Waals surface area contributed by atoms with Gasteiger partial charge in [-0.1, -0.05) is 19.1 Å². The van der Waals surface area contributed by atoms with Crippen molar-refractivity contribution in [2.45, 2.75) is 31.9 Å². The topological polar surface area (TPSA) is 30.5 Å². The normalized spacial score (nSPS) is 17.4. The van der Waals surface area contributed by atoms with Crippen LogP contribution >= 0.6 is 0 Å². The van der Waals surface area contributed by atoms with E-state index in [2.05, 4.69) is 30.4 Å². The molecule has 1 heterocycles. The lowest BCUT2D eigenvalue weighted by Crippen LogP contribution is -2.30. The Labute approximate surface area is 103 Å². The van der Waals surface area contributed by atoms with Gasteiger partial charge in [-0.05, 0) is 30.7 Å². The van der Waals surface area contributed by atoms with E-state index in [0.29, 0.717) is 0 Å². The lowest BCUT2D eigenvalue weighted by molar-refractivity contribution is 0.0675. The van der Waals surface area contributed by atoms with Crippen LogP contribution in [0.25, 0.3) is 0 Å². The second-order valence-electron chi connectivity index (χ2n) is 4.41. The Hall–Kier alpha value is -1.06. The minimum absolute atomic E-state index is 0.209. The molecule has 2 unspecified atom stereocenters. The fourth-order valence-electron chi connectivity index (χ4n) is 2.51. The Morgan fingerprint density at radius 2 is 2.29 bits per heavy atom. The highest BCUT2D eigenvalue weighted by Crippen LogP contribution is 2.30. The molecule has 0 radical (unpaired) electrons. The first kappa shape index (κ1) is 12.4. The Balaban J connectivity index is 2.25. The molecule has 0 amide bonds. The summed E-state index contributed by atoms with van der Waals surface area (Å²) < 4.78 is 11.1. The van der Waals surface area contributed by atoms with E-state index >= 15 is 0 Å². The molecule has 0 bridgehead atoms. The third-order valence-electron chi connectivity index (χ3n) is 3.46. The van der Waals surface area contributed by atoms with E-state index in [1.165, 1.54) is 11.1 Å². The van der Waals surface area contributed by atoms with Crippen molar-refractivity contribution in [2.75, 3.05) is 20.8 Å². The lowest BCUT2D eigenvalue weighted by Gasteiger charge is -2.25. The summed E-state index contributed by atoms with van der Waals surface area (Å²) in [5, 5.41) is 3.35. The predicted octanol–water partition coefficient (Wildman–Crippen LogP) is 2.31. The van der Waals surface area contributed by atoms with E-state index < -0.39 is 0 Å². The Kier molecular flexibility index (Phi) is 4.02. The number of likely N-dealkylation sites (N-methyl/N-ethyl adjacent to an activating group) is 1. The van der Waals surface area contributed by atoms with Gasteiger partial charge in [0.15, 0.2) is 0 Å². The minimum Gasteiger partial charge on any atom is -0.493 e. The van der Waals surface area contributed by atoms with Crippen LogP contribution in [-0.2, 0) is 11.2 Å². The van der Waals surface area contributed by atoms with Crippen molar-refractivity contribution in [1.29, 1.82) is 0 Å². The zero-order valence-corrected chi connectivity index (χ0v) is 10.8. The largest absolute Gasteiger partial charge is 0.493 e. The molecule has 0 saturated carbocycles. The third-order valence-corrected chi connectivity index (χ3v) is 3.46. The molecule has 2 atom stereocenters. The number of hydrogen-bond donors (Lipinski definition) is 1. The number of nitrogens with one attached hydrogen (secondary N) is 1. The molecule has 3 nitrogen and oxygen atoms in total. The second-order valence-corrected chi connectivity index (χ2v) is 4.41. The van der Waals surface area contributed by atoms with E-state index in [0.717, 1.165) is 25.2 Å². The van der Waals surface area contributed by atoms with Crippen LogP contribution in [0.1, 0.15) is 30.5 Å². The number of fused-ring (bicyclic) bond motifs is 1. The smallest absolute Gasteiger partial charge is 0.122 e. The summed E-state index contributed by atoms with van der Waals surface area (Å²) >= 11 is 0. The molecule has 1 aliphatic rings. The minimum atomic E-state index is 0.209. The summed E-state index contributed by atoms with van der Waals surface area (Å²) in [6.45, 7) is 2.96. The van der Waals surface area contributed by atoms with E-state index in [9.17, 15) is 0 Å². The molecular formula is C14H21NO2. The van der Waals surface area contributed by atoms with Gasteiger partial charge < -0.3 is 14.8 Å². The van der Waals surface area contributed by atoms with Crippen LogP contribution in [-0.4, -0.2) is 26.9 Å². The molecule has 1 aromatic carbocycles. The average molecular weight is 235 g/mol. The van der Waals surface area contributed by atoms with Gasteiger partial charge in [0.2, 0.25) is 0 Å². The number of methoxy groups -OCH3 is 1. The van der Waals surface area contributed by atoms with E-state index in [1.54, 1.807) is 7.11 Å². The summed E-state index contributed by atoms with van der Waals surface area (Å²) in [6.07, 6.45) is 2.22. The van der Waals surface area contributed by atoms with Gasteiger partial charge in [0, 0.05) is 13.5 Å². The maximum absolute atomic E-state index is 5.53. The molecular weight excluding hydrogens is 214 g/mol. The first-order chi connectivity index (χ1) is 8.30. The van der Waals surface area contributed by atoms with Gasteiger partial charge in [0.05, 0.1) is 18.8 Å². The zero-order chi connectivity index (χ0) is 12.3. The van der Waals surface area contributed by atoms with Crippen LogP contribution in [0.15, 0.2) is 18.2 Å². The predicted molar refractivity (Wildman–Crippen MR) is 68.5 cm³/mol. The highest BCUT2D eigenvalue weighted by molar-refractivity contribution is 5.41. The van der Waals surface area contributed by atoms with Crippen LogP contribution in [0.4, 0.5) is 0 Å². The Morgan fingerprint density at radius 3 is 2.94 bits per heavy atom. The monoisotopic (exact) mass is 235 g/mol. The molecule has 1 N–H and O–H groups in total. The van der Waals surface area contributed by atoms with Gasteiger partial charge in [0.25, 0.3) is 0 Å². The zero-order valence-electron chi connectivity index (χ0n) is 10.8. The van der Waals surface area contributed by atoms with Gasteiger partial charge in [-0.3, -0.25) is 0 Å². The molecule has 3 heteroatoms. The molecule has 0 saturated heterocycles. The summed E-state index contributed by atoms with van der Waals surface area (Å²) in [7, 11) is 3.76. The van der Waals surface area contributed by atoms with Crippen LogP contribution < -0.4 is 10.1 Å². The number of benzene rings is 1. The van der Waals surface area contributed by atoms with Crippen molar-refractivity contribution in [3.05, 3.63) is 29.3 Å². The summed E-state index contributed by atoms with van der Waals surface area (Å²) in [4.78, 5) is 0. The second kappa shape index (κ2) is 5.52. The van der Waals surface area contributed by atoms with Gasteiger partial charge in [-0.15, -0.1) is 0 Å². The fourth-order valence-corrected chi connectivity index (χ4v) is 2.51. The number of ether oxygens (including phenoxy) is 2. The third kappa shape index (κ3) is 2.45. The number of hydrogen-bond acceptors (Lipinski definition) is 3. The quantitative estimate of drug-likeness (QED) is 0.849.